The van der Waals surface area contributed by atoms with Gasteiger partial charge in [-0.25, -0.2) is 4.98 Å². The Kier molecular flexibility index (Phi) is 8.32. The van der Waals surface area contributed by atoms with Gasteiger partial charge in [0.25, 0.3) is 0 Å². The molecule has 0 aliphatic heterocycles. The highest BCUT2D eigenvalue weighted by Gasteiger charge is 2.08. The second-order valence-corrected chi connectivity index (χ2v) is 6.03. The Morgan fingerprint density at radius 3 is 2.83 bits per heavy atom. The number of benzene rings is 1. The van der Waals surface area contributed by atoms with Crippen LogP contribution in [0.15, 0.2) is 34.6 Å². The van der Waals surface area contributed by atoms with Crippen LogP contribution in [0.5, 0.6) is 5.75 Å². The predicted octanol–water partition coefficient (Wildman–Crippen LogP) is 3.29. The zero-order valence-electron chi connectivity index (χ0n) is 13.9. The second kappa shape index (κ2) is 9.71. The molecule has 2 aromatic rings. The molecule has 0 spiro atoms. The molecule has 0 unspecified atom stereocenters. The summed E-state index contributed by atoms with van der Waals surface area (Å²) in [6.45, 7) is 3.45. The van der Waals surface area contributed by atoms with E-state index in [1.807, 2.05) is 32.2 Å². The van der Waals surface area contributed by atoms with E-state index in [1.54, 1.807) is 25.5 Å². The zero-order valence-corrected chi connectivity index (χ0v) is 17.0. The minimum atomic E-state index is 0. The van der Waals surface area contributed by atoms with E-state index in [0.29, 0.717) is 6.54 Å². The van der Waals surface area contributed by atoms with Gasteiger partial charge in [-0.15, -0.1) is 35.3 Å². The summed E-state index contributed by atoms with van der Waals surface area (Å²) in [6, 6.07) is 8.01. The van der Waals surface area contributed by atoms with E-state index in [-0.39, 0.29) is 24.0 Å². The number of hydrogen-bond donors (Lipinski definition) is 1. The number of thiazole rings is 1. The van der Waals surface area contributed by atoms with Crippen molar-refractivity contribution in [3.8, 4) is 5.75 Å². The van der Waals surface area contributed by atoms with Crippen molar-refractivity contribution < 1.29 is 4.74 Å². The fourth-order valence-corrected chi connectivity index (χ4v) is 2.75. The molecule has 0 radical (unpaired) electrons. The minimum absolute atomic E-state index is 0. The van der Waals surface area contributed by atoms with Crippen LogP contribution in [0.1, 0.15) is 16.3 Å². The molecule has 0 amide bonds. The number of methoxy groups -OCH3 is 1. The fourth-order valence-electron chi connectivity index (χ4n) is 2.15. The lowest BCUT2D eigenvalue weighted by Crippen LogP contribution is -2.38. The first-order valence-corrected chi connectivity index (χ1v) is 7.96. The molecule has 1 N–H and O–H groups in total. The number of aliphatic imine (C=N–C) groups is 1. The van der Waals surface area contributed by atoms with Gasteiger partial charge in [-0.3, -0.25) is 4.99 Å². The molecule has 23 heavy (non-hydrogen) atoms. The number of guanidine groups is 1. The second-order valence-electron chi connectivity index (χ2n) is 4.97. The smallest absolute Gasteiger partial charge is 0.194 e. The average Bonchev–Trinajstić information content (AvgIpc) is 2.93. The van der Waals surface area contributed by atoms with Crippen LogP contribution in [0.4, 0.5) is 0 Å². The molecule has 0 bridgehead atoms. The summed E-state index contributed by atoms with van der Waals surface area (Å²) >= 11 is 1.67. The maximum absolute atomic E-state index is 5.24. The van der Waals surface area contributed by atoms with Crippen LogP contribution in [0.2, 0.25) is 0 Å². The number of ether oxygens (including phenoxy) is 1. The molecule has 0 aliphatic carbocycles. The van der Waals surface area contributed by atoms with E-state index < -0.39 is 0 Å². The number of aryl methyl sites for hydroxylation is 1. The molecule has 0 fully saturated rings. The lowest BCUT2D eigenvalue weighted by atomic mass is 10.2. The summed E-state index contributed by atoms with van der Waals surface area (Å²) < 4.78 is 5.24. The first-order chi connectivity index (χ1) is 10.6. The Balaban J connectivity index is 0.00000264. The van der Waals surface area contributed by atoms with E-state index in [1.165, 1.54) is 0 Å². The lowest BCUT2D eigenvalue weighted by molar-refractivity contribution is 0.414. The number of hydrogen-bond acceptors (Lipinski definition) is 4. The molecule has 0 saturated heterocycles. The summed E-state index contributed by atoms with van der Waals surface area (Å²) in [7, 11) is 5.47. The Hall–Kier alpha value is -1.35. The van der Waals surface area contributed by atoms with Gasteiger partial charge < -0.3 is 15.0 Å². The van der Waals surface area contributed by atoms with Gasteiger partial charge in [0.1, 0.15) is 5.75 Å². The zero-order chi connectivity index (χ0) is 15.9. The Morgan fingerprint density at radius 1 is 1.43 bits per heavy atom. The molecular formula is C16H23IN4OS. The number of nitrogens with one attached hydrogen (secondary N) is 1. The van der Waals surface area contributed by atoms with E-state index >= 15 is 0 Å². The molecule has 5 nitrogen and oxygen atoms in total. The fraction of sp³-hybridized carbons (Fsp3) is 0.375. The van der Waals surface area contributed by atoms with Gasteiger partial charge in [-0.1, -0.05) is 12.1 Å². The van der Waals surface area contributed by atoms with Crippen LogP contribution < -0.4 is 10.1 Å². The van der Waals surface area contributed by atoms with Crippen LogP contribution in [0.25, 0.3) is 0 Å². The number of aromatic nitrogens is 1. The van der Waals surface area contributed by atoms with Crippen molar-refractivity contribution in [1.82, 2.24) is 15.2 Å². The molecule has 0 atom stereocenters. The third-order valence-electron chi connectivity index (χ3n) is 3.22. The number of nitrogens with zero attached hydrogens (tertiary/aromatic N) is 3. The Labute approximate surface area is 158 Å². The maximum Gasteiger partial charge on any atom is 0.194 e. The minimum Gasteiger partial charge on any atom is -0.497 e. The summed E-state index contributed by atoms with van der Waals surface area (Å²) in [6.07, 6.45) is 0. The summed E-state index contributed by atoms with van der Waals surface area (Å²) in [4.78, 5) is 10.9. The van der Waals surface area contributed by atoms with Crippen molar-refractivity contribution in [3.63, 3.8) is 0 Å². The average molecular weight is 446 g/mol. The van der Waals surface area contributed by atoms with Crippen LogP contribution >= 0.6 is 35.3 Å². The van der Waals surface area contributed by atoms with Crippen molar-refractivity contribution in [2.75, 3.05) is 21.2 Å². The highest BCUT2D eigenvalue weighted by atomic mass is 127. The van der Waals surface area contributed by atoms with Crippen molar-refractivity contribution in [2.24, 2.45) is 4.99 Å². The first kappa shape index (κ1) is 19.7. The Bertz CT molecular complexity index is 645. The quantitative estimate of drug-likeness (QED) is 0.435. The van der Waals surface area contributed by atoms with Gasteiger partial charge in [-0.2, -0.15) is 0 Å². The normalized spacial score (nSPS) is 10.9. The predicted molar refractivity (Wildman–Crippen MR) is 107 cm³/mol. The van der Waals surface area contributed by atoms with Crippen LogP contribution in [-0.2, 0) is 13.1 Å². The molecule has 1 aromatic heterocycles. The standard InChI is InChI=1S/C16H22N4OS.HI/c1-12-19-14(11-22-12)10-20(3)16(17-2)18-9-13-6-5-7-15(8-13)21-4;/h5-8,11H,9-10H2,1-4H3,(H,17,18);1H. The van der Waals surface area contributed by atoms with E-state index in [2.05, 4.69) is 31.6 Å². The third-order valence-corrected chi connectivity index (χ3v) is 4.05. The van der Waals surface area contributed by atoms with Crippen LogP contribution in [0, 0.1) is 6.92 Å². The molecule has 7 heteroatoms. The molecular weight excluding hydrogens is 423 g/mol. The van der Waals surface area contributed by atoms with Crippen LogP contribution in [0.3, 0.4) is 0 Å². The van der Waals surface area contributed by atoms with Gasteiger partial charge in [0.05, 0.1) is 24.4 Å². The van der Waals surface area contributed by atoms with Crippen molar-refractivity contribution in [3.05, 3.63) is 45.9 Å². The van der Waals surface area contributed by atoms with Gasteiger partial charge in [0.2, 0.25) is 0 Å². The Morgan fingerprint density at radius 2 is 2.22 bits per heavy atom. The first-order valence-electron chi connectivity index (χ1n) is 7.08. The van der Waals surface area contributed by atoms with E-state index in [4.69, 9.17) is 4.74 Å². The van der Waals surface area contributed by atoms with Crippen LogP contribution in [-0.4, -0.2) is 37.0 Å². The van der Waals surface area contributed by atoms with Crippen molar-refractivity contribution >= 4 is 41.3 Å². The summed E-state index contributed by atoms with van der Waals surface area (Å²) in [5.41, 5.74) is 2.22. The molecule has 1 heterocycles. The molecule has 0 saturated carbocycles. The monoisotopic (exact) mass is 446 g/mol. The van der Waals surface area contributed by atoms with E-state index in [9.17, 15) is 0 Å². The van der Waals surface area contributed by atoms with Gasteiger partial charge in [0.15, 0.2) is 5.96 Å². The topological polar surface area (TPSA) is 49.8 Å². The van der Waals surface area contributed by atoms with Gasteiger partial charge >= 0.3 is 0 Å². The molecule has 126 valence electrons. The summed E-state index contributed by atoms with van der Waals surface area (Å²) in [5, 5.41) is 6.53. The number of halogens is 1. The third kappa shape index (κ3) is 5.98. The van der Waals surface area contributed by atoms with E-state index in [0.717, 1.165) is 34.5 Å². The van der Waals surface area contributed by atoms with Gasteiger partial charge in [-0.05, 0) is 24.6 Å². The van der Waals surface area contributed by atoms with Gasteiger partial charge in [0, 0.05) is 26.0 Å². The SMILES string of the molecule is CN=C(NCc1cccc(OC)c1)N(C)Cc1csc(C)n1.I. The highest BCUT2D eigenvalue weighted by molar-refractivity contribution is 14.0. The highest BCUT2D eigenvalue weighted by Crippen LogP contribution is 2.13. The molecule has 2 rings (SSSR count). The summed E-state index contributed by atoms with van der Waals surface area (Å²) in [5.74, 6) is 1.70. The lowest BCUT2D eigenvalue weighted by Gasteiger charge is -2.21. The number of rotatable bonds is 5. The largest absolute Gasteiger partial charge is 0.497 e. The maximum atomic E-state index is 5.24. The molecule has 1 aromatic carbocycles. The van der Waals surface area contributed by atoms with Crippen molar-refractivity contribution in [1.29, 1.82) is 0 Å². The molecule has 0 aliphatic rings. The van der Waals surface area contributed by atoms with Crippen molar-refractivity contribution in [2.45, 2.75) is 20.0 Å².